The van der Waals surface area contributed by atoms with E-state index in [1.807, 2.05) is 0 Å². The Balaban J connectivity index is 1.52. The predicted octanol–water partition coefficient (Wildman–Crippen LogP) is 4.53. The Morgan fingerprint density at radius 3 is 2.83 bits per heavy atom. The summed E-state index contributed by atoms with van der Waals surface area (Å²) in [6.07, 6.45) is 12.2. The van der Waals surface area contributed by atoms with Gasteiger partial charge in [-0.2, -0.15) is 0 Å². The summed E-state index contributed by atoms with van der Waals surface area (Å²) in [5.41, 5.74) is 2.55. The van der Waals surface area contributed by atoms with Gasteiger partial charge in [0, 0.05) is 24.2 Å². The van der Waals surface area contributed by atoms with Gasteiger partial charge in [-0.05, 0) is 68.6 Å². The van der Waals surface area contributed by atoms with Crippen LogP contribution in [-0.4, -0.2) is 18.5 Å². The van der Waals surface area contributed by atoms with Crippen LogP contribution in [0.25, 0.3) is 0 Å². The van der Waals surface area contributed by atoms with Crippen molar-refractivity contribution in [3.05, 3.63) is 11.6 Å². The maximum Gasteiger partial charge on any atom is 0.133 e. The quantitative estimate of drug-likeness (QED) is 0.614. The summed E-state index contributed by atoms with van der Waals surface area (Å²) in [6, 6.07) is 0. The number of rotatable bonds is 0. The van der Waals surface area contributed by atoms with E-state index in [0.717, 1.165) is 43.6 Å². The van der Waals surface area contributed by atoms with Crippen molar-refractivity contribution >= 4 is 5.78 Å². The molecule has 0 spiro atoms. The molecule has 126 valence electrons. The van der Waals surface area contributed by atoms with E-state index in [4.69, 9.17) is 4.74 Å². The third kappa shape index (κ3) is 1.72. The Bertz CT molecular complexity index is 578. The number of ketones is 1. The standard InChI is InChI=1S/C21H30O2/c1-3-13-4-5-16-15-11-19-18-10-14(22)6-9-21(18,12-23-19)17(15)7-8-20(13,16)2/h3,15-19H,4-12H2,1-2H3/t15?,16?,17?,18?,19-,20?,21?/m1/s1. The molecule has 23 heavy (non-hydrogen) atoms. The van der Waals surface area contributed by atoms with E-state index < -0.39 is 0 Å². The molecule has 1 aliphatic heterocycles. The molecule has 0 radical (unpaired) electrons. The molecule has 2 bridgehead atoms. The van der Waals surface area contributed by atoms with Crippen LogP contribution in [0.1, 0.15) is 65.2 Å². The molecule has 5 rings (SSSR count). The van der Waals surface area contributed by atoms with Gasteiger partial charge in [-0.3, -0.25) is 4.79 Å². The maximum atomic E-state index is 12.0. The molecule has 4 aliphatic carbocycles. The predicted molar refractivity (Wildman–Crippen MR) is 89.9 cm³/mol. The first-order valence-corrected chi connectivity index (χ1v) is 9.87. The smallest absolute Gasteiger partial charge is 0.133 e. The van der Waals surface area contributed by atoms with Crippen molar-refractivity contribution in [1.82, 2.24) is 0 Å². The number of Topliss-reactive ketones (excluding diaryl/α,β-unsaturated/α-hetero) is 1. The molecule has 2 nitrogen and oxygen atoms in total. The minimum Gasteiger partial charge on any atom is -0.377 e. The normalized spacial score (nSPS) is 56.3. The number of ether oxygens (including phenoxy) is 1. The lowest BCUT2D eigenvalue weighted by molar-refractivity contribution is -0.134. The van der Waals surface area contributed by atoms with Crippen LogP contribution in [0.2, 0.25) is 0 Å². The highest BCUT2D eigenvalue weighted by Gasteiger charge is 2.65. The van der Waals surface area contributed by atoms with Crippen molar-refractivity contribution < 1.29 is 9.53 Å². The molecule has 2 heteroatoms. The fraction of sp³-hybridized carbons (Fsp3) is 0.857. The van der Waals surface area contributed by atoms with Crippen LogP contribution in [-0.2, 0) is 9.53 Å². The van der Waals surface area contributed by atoms with Crippen molar-refractivity contribution in [3.8, 4) is 0 Å². The lowest BCUT2D eigenvalue weighted by atomic mass is 9.45. The number of fused-ring (bicyclic) bond motifs is 3. The molecule has 0 aromatic heterocycles. The third-order valence-electron chi connectivity index (χ3n) is 8.95. The zero-order valence-electron chi connectivity index (χ0n) is 14.6. The number of hydrogen-bond donors (Lipinski definition) is 0. The molecule has 0 aromatic rings. The van der Waals surface area contributed by atoms with Crippen LogP contribution in [0.3, 0.4) is 0 Å². The van der Waals surface area contributed by atoms with Gasteiger partial charge < -0.3 is 4.74 Å². The Labute approximate surface area is 140 Å². The van der Waals surface area contributed by atoms with E-state index in [2.05, 4.69) is 19.9 Å². The summed E-state index contributed by atoms with van der Waals surface area (Å²) in [5, 5.41) is 0. The van der Waals surface area contributed by atoms with Gasteiger partial charge in [-0.15, -0.1) is 0 Å². The second kappa shape index (κ2) is 4.71. The molecule has 7 atom stereocenters. The van der Waals surface area contributed by atoms with Gasteiger partial charge in [0.05, 0.1) is 12.7 Å². The number of carbonyl (C=O) groups is 1. The molecule has 0 N–H and O–H groups in total. The van der Waals surface area contributed by atoms with Gasteiger partial charge in [0.1, 0.15) is 5.78 Å². The van der Waals surface area contributed by atoms with Crippen LogP contribution in [0.15, 0.2) is 11.6 Å². The summed E-state index contributed by atoms with van der Waals surface area (Å²) in [5.74, 6) is 3.60. The van der Waals surface area contributed by atoms with Gasteiger partial charge in [0.2, 0.25) is 0 Å². The number of carbonyl (C=O) groups excluding carboxylic acids is 1. The third-order valence-corrected chi connectivity index (χ3v) is 8.95. The first-order chi connectivity index (χ1) is 11.1. The van der Waals surface area contributed by atoms with Crippen LogP contribution >= 0.6 is 0 Å². The summed E-state index contributed by atoms with van der Waals surface area (Å²) < 4.78 is 6.32. The van der Waals surface area contributed by atoms with Crippen LogP contribution in [0.4, 0.5) is 0 Å². The first kappa shape index (κ1) is 14.7. The van der Waals surface area contributed by atoms with Crippen LogP contribution in [0.5, 0.6) is 0 Å². The molecule has 5 fully saturated rings. The topological polar surface area (TPSA) is 26.3 Å². The van der Waals surface area contributed by atoms with Crippen molar-refractivity contribution in [3.63, 3.8) is 0 Å². The second-order valence-corrected chi connectivity index (χ2v) is 9.35. The minimum atomic E-state index is 0.363. The molecular weight excluding hydrogens is 284 g/mol. The zero-order valence-corrected chi connectivity index (χ0v) is 14.6. The van der Waals surface area contributed by atoms with Gasteiger partial charge >= 0.3 is 0 Å². The molecule has 5 aliphatic rings. The summed E-state index contributed by atoms with van der Waals surface area (Å²) in [7, 11) is 0. The van der Waals surface area contributed by atoms with Crippen LogP contribution < -0.4 is 0 Å². The fourth-order valence-electron chi connectivity index (χ4n) is 7.89. The van der Waals surface area contributed by atoms with E-state index in [1.54, 1.807) is 5.57 Å². The van der Waals surface area contributed by atoms with Crippen molar-refractivity contribution in [2.75, 3.05) is 6.61 Å². The number of allylic oxidation sites excluding steroid dienone is 2. The summed E-state index contributed by atoms with van der Waals surface area (Å²) >= 11 is 0. The largest absolute Gasteiger partial charge is 0.377 e. The zero-order chi connectivity index (χ0) is 15.8. The molecular formula is C21H30O2. The Morgan fingerprint density at radius 2 is 2.00 bits per heavy atom. The molecule has 0 aromatic carbocycles. The monoisotopic (exact) mass is 314 g/mol. The highest BCUT2D eigenvalue weighted by atomic mass is 16.5. The minimum absolute atomic E-state index is 0.363. The lowest BCUT2D eigenvalue weighted by Crippen LogP contribution is -2.55. The van der Waals surface area contributed by atoms with Crippen LogP contribution in [0, 0.1) is 34.5 Å². The average Bonchev–Trinajstić information content (AvgIpc) is 3.01. The number of hydrogen-bond acceptors (Lipinski definition) is 2. The van der Waals surface area contributed by atoms with Crippen molar-refractivity contribution in [2.24, 2.45) is 34.5 Å². The first-order valence-electron chi connectivity index (χ1n) is 9.87. The highest BCUT2D eigenvalue weighted by Crippen LogP contribution is 2.69. The Hall–Kier alpha value is -0.630. The molecule has 4 saturated carbocycles. The van der Waals surface area contributed by atoms with E-state index >= 15 is 0 Å². The maximum absolute atomic E-state index is 12.0. The van der Waals surface area contributed by atoms with Gasteiger partial charge in [0.15, 0.2) is 0 Å². The highest BCUT2D eigenvalue weighted by molar-refractivity contribution is 5.80. The van der Waals surface area contributed by atoms with Crippen molar-refractivity contribution in [1.29, 1.82) is 0 Å². The SMILES string of the molecule is CC=C1CCC2C3C[C@H]4OCC5(CCC(=O)CC45)C3CCC12C. The Kier molecular flexibility index (Phi) is 3.01. The molecule has 6 unspecified atom stereocenters. The van der Waals surface area contributed by atoms with Crippen molar-refractivity contribution in [2.45, 2.75) is 71.3 Å². The van der Waals surface area contributed by atoms with E-state index in [1.165, 1.54) is 32.1 Å². The second-order valence-electron chi connectivity index (χ2n) is 9.35. The summed E-state index contributed by atoms with van der Waals surface area (Å²) in [4.78, 5) is 12.0. The molecule has 1 heterocycles. The lowest BCUT2D eigenvalue weighted by Gasteiger charge is -2.58. The summed E-state index contributed by atoms with van der Waals surface area (Å²) in [6.45, 7) is 5.74. The average molecular weight is 314 g/mol. The van der Waals surface area contributed by atoms with Gasteiger partial charge in [-0.25, -0.2) is 0 Å². The fourth-order valence-corrected chi connectivity index (χ4v) is 7.89. The molecule has 1 saturated heterocycles. The van der Waals surface area contributed by atoms with E-state index in [9.17, 15) is 4.79 Å². The molecule has 0 amide bonds. The Morgan fingerprint density at radius 1 is 1.13 bits per heavy atom. The van der Waals surface area contributed by atoms with E-state index in [0.29, 0.717) is 28.6 Å². The van der Waals surface area contributed by atoms with Gasteiger partial charge in [0.25, 0.3) is 0 Å². The van der Waals surface area contributed by atoms with E-state index in [-0.39, 0.29) is 0 Å². The van der Waals surface area contributed by atoms with Gasteiger partial charge in [-0.1, -0.05) is 18.6 Å².